The van der Waals surface area contributed by atoms with Crippen molar-refractivity contribution in [3.63, 3.8) is 0 Å². The van der Waals surface area contributed by atoms with Crippen molar-refractivity contribution in [1.29, 1.82) is 0 Å². The van der Waals surface area contributed by atoms with Gasteiger partial charge in [-0.1, -0.05) is 156 Å². The highest BCUT2D eigenvalue weighted by Crippen LogP contribution is 2.38. The van der Waals surface area contributed by atoms with E-state index >= 15 is 0 Å². The lowest BCUT2D eigenvalue weighted by Crippen LogP contribution is -2.67. The average Bonchev–Trinajstić information content (AvgIpc) is 2.90. The molecule has 0 heterocycles. The maximum absolute atomic E-state index is 7.36. The Balaban J connectivity index is 1.89. The van der Waals surface area contributed by atoms with E-state index in [4.69, 9.17) is 4.43 Å². The normalized spacial score (nSPS) is 13.3. The molecule has 0 aliphatic heterocycles. The van der Waals surface area contributed by atoms with Crippen molar-refractivity contribution < 1.29 is 4.43 Å². The minimum atomic E-state index is -2.60. The van der Waals surface area contributed by atoms with Crippen molar-refractivity contribution in [3.05, 3.63) is 109 Å². The minimum absolute atomic E-state index is 0.0305. The van der Waals surface area contributed by atoms with Crippen molar-refractivity contribution in [2.24, 2.45) is 0 Å². The summed E-state index contributed by atoms with van der Waals surface area (Å²) >= 11 is 0. The van der Waals surface area contributed by atoms with Crippen LogP contribution in [0.4, 0.5) is 0 Å². The molecule has 4 heteroatoms. The summed E-state index contributed by atoms with van der Waals surface area (Å²) in [6, 6.07) is 32.5. The second kappa shape index (κ2) is 14.1. The van der Waals surface area contributed by atoms with Gasteiger partial charge in [0.05, 0.1) is 12.6 Å². The highest BCUT2D eigenvalue weighted by molar-refractivity contribution is 6.99. The Morgan fingerprint density at radius 2 is 1.33 bits per heavy atom. The summed E-state index contributed by atoms with van der Waals surface area (Å²) in [5.41, 5.74) is 4.85. The Morgan fingerprint density at radius 1 is 0.821 bits per heavy atom. The predicted octanol–water partition coefficient (Wildman–Crippen LogP) is 7.28. The summed E-state index contributed by atoms with van der Waals surface area (Å²) in [6.07, 6.45) is 5.55. The smallest absolute Gasteiger partial charge is 0.261 e. The molecule has 0 aromatic heterocycles. The largest absolute Gasteiger partial charge is 0.401 e. The molecule has 3 aromatic rings. The van der Waals surface area contributed by atoms with Gasteiger partial charge in [0.15, 0.2) is 0 Å². The third-order valence-corrected chi connectivity index (χ3v) is 12.9. The molecule has 3 aromatic carbocycles. The van der Waals surface area contributed by atoms with Crippen molar-refractivity contribution in [3.8, 4) is 11.5 Å². The fourth-order valence-electron chi connectivity index (χ4n) is 4.98. The zero-order valence-electron chi connectivity index (χ0n) is 25.1. The molecule has 0 saturated carbocycles. The number of nitrogens with zero attached hydrogens (tertiary/aromatic N) is 1. The van der Waals surface area contributed by atoms with Crippen molar-refractivity contribution in [2.45, 2.75) is 71.4 Å². The maximum Gasteiger partial charge on any atom is 0.261 e. The molecule has 0 aliphatic carbocycles. The van der Waals surface area contributed by atoms with Crippen LogP contribution >= 0.6 is 0 Å². The van der Waals surface area contributed by atoms with E-state index in [0.29, 0.717) is 0 Å². The number of hydrogen-bond donors (Lipinski definition) is 0. The van der Waals surface area contributed by atoms with Crippen LogP contribution in [0.15, 0.2) is 103 Å². The highest BCUT2D eigenvalue weighted by Gasteiger charge is 2.51. The third kappa shape index (κ3) is 8.91. The molecule has 1 atom stereocenters. The highest BCUT2D eigenvalue weighted by atomic mass is 28.4. The van der Waals surface area contributed by atoms with Crippen LogP contribution in [0.25, 0.3) is 0 Å². The van der Waals surface area contributed by atoms with E-state index < -0.39 is 16.4 Å². The lowest BCUT2D eigenvalue weighted by Gasteiger charge is -2.44. The molecule has 0 radical (unpaired) electrons. The summed E-state index contributed by atoms with van der Waals surface area (Å²) in [6.45, 7) is 18.7. The first-order valence-electron chi connectivity index (χ1n) is 14.3. The van der Waals surface area contributed by atoms with Gasteiger partial charge in [0.1, 0.15) is 8.07 Å². The van der Waals surface area contributed by atoms with Crippen LogP contribution in [0.3, 0.4) is 0 Å². The van der Waals surface area contributed by atoms with Crippen molar-refractivity contribution in [1.82, 2.24) is 4.90 Å². The van der Waals surface area contributed by atoms with E-state index in [9.17, 15) is 0 Å². The van der Waals surface area contributed by atoms with E-state index in [1.807, 2.05) is 0 Å². The van der Waals surface area contributed by atoms with Crippen LogP contribution < -0.4 is 10.4 Å². The van der Waals surface area contributed by atoms with E-state index in [1.54, 1.807) is 0 Å². The van der Waals surface area contributed by atoms with Gasteiger partial charge in [-0.2, -0.15) is 0 Å². The van der Waals surface area contributed by atoms with Crippen LogP contribution in [0.1, 0.15) is 39.7 Å². The Labute approximate surface area is 240 Å². The zero-order valence-corrected chi connectivity index (χ0v) is 27.1. The molecular weight excluding hydrogens is 507 g/mol. The standard InChI is InChI=1S/C35H47NOSi2/c1-8-32(22-18-27-36(28-19-29-38(5,6)7)30-31-20-12-9-13-21-31)37-39(35(2,3)4,33-23-14-10-15-24-33)34-25-16-11-17-26-34/h9-18,20-26,32H,8,27-28,30H2,1-7H3/b22-18-/t32-/m0/s1. The van der Waals surface area contributed by atoms with Gasteiger partial charge in [-0.3, -0.25) is 4.90 Å². The quantitative estimate of drug-likeness (QED) is 0.141. The fraction of sp³-hybridized carbons (Fsp3) is 0.371. The maximum atomic E-state index is 7.36. The van der Waals surface area contributed by atoms with Crippen LogP contribution in [0.5, 0.6) is 0 Å². The summed E-state index contributed by atoms with van der Waals surface area (Å²) < 4.78 is 7.36. The summed E-state index contributed by atoms with van der Waals surface area (Å²) in [5, 5.41) is 2.61. The van der Waals surface area contributed by atoms with Crippen LogP contribution in [0.2, 0.25) is 24.7 Å². The van der Waals surface area contributed by atoms with Gasteiger partial charge in [0.25, 0.3) is 8.32 Å². The van der Waals surface area contributed by atoms with Gasteiger partial charge in [0, 0.05) is 13.1 Å². The van der Waals surface area contributed by atoms with E-state index in [2.05, 4.69) is 167 Å². The SMILES string of the molecule is CC[C@@H](/C=C\CN(CC#C[Si](C)(C)C)Cc1ccccc1)O[Si](c1ccccc1)(c1ccccc1)C(C)(C)C. The van der Waals surface area contributed by atoms with Gasteiger partial charge in [-0.15, -0.1) is 5.54 Å². The number of hydrogen-bond acceptors (Lipinski definition) is 2. The van der Waals surface area contributed by atoms with E-state index in [-0.39, 0.29) is 11.1 Å². The molecule has 0 unspecified atom stereocenters. The average molecular weight is 554 g/mol. The lowest BCUT2D eigenvalue weighted by molar-refractivity contribution is 0.227. The molecule has 0 bridgehead atoms. The topological polar surface area (TPSA) is 12.5 Å². The van der Waals surface area contributed by atoms with Crippen molar-refractivity contribution >= 4 is 26.8 Å². The molecule has 0 amide bonds. The van der Waals surface area contributed by atoms with Gasteiger partial charge < -0.3 is 4.43 Å². The Kier molecular flexibility index (Phi) is 11.1. The summed E-state index contributed by atoms with van der Waals surface area (Å²) in [4.78, 5) is 2.43. The minimum Gasteiger partial charge on any atom is -0.401 e. The van der Waals surface area contributed by atoms with Gasteiger partial charge in [0.2, 0.25) is 0 Å². The predicted molar refractivity (Wildman–Crippen MR) is 175 cm³/mol. The van der Waals surface area contributed by atoms with Gasteiger partial charge in [-0.25, -0.2) is 0 Å². The first-order valence-corrected chi connectivity index (χ1v) is 19.7. The van der Waals surface area contributed by atoms with Crippen LogP contribution in [-0.4, -0.2) is 40.5 Å². The molecule has 0 aliphatic rings. The Hall–Kier alpha value is -2.69. The molecular formula is C35H47NOSi2. The third-order valence-electron chi connectivity index (χ3n) is 6.88. The molecule has 206 valence electrons. The fourth-order valence-corrected chi connectivity index (χ4v) is 10.3. The summed E-state index contributed by atoms with van der Waals surface area (Å²) in [7, 11) is -4.00. The molecule has 39 heavy (non-hydrogen) atoms. The Morgan fingerprint density at radius 3 is 1.79 bits per heavy atom. The second-order valence-electron chi connectivity index (χ2n) is 12.4. The lowest BCUT2D eigenvalue weighted by atomic mass is 10.2. The molecule has 0 spiro atoms. The first kappa shape index (κ1) is 30.8. The molecule has 3 rings (SSSR count). The van der Waals surface area contributed by atoms with Gasteiger partial charge in [-0.05, 0) is 27.4 Å². The van der Waals surface area contributed by atoms with Crippen LogP contribution in [0, 0.1) is 11.5 Å². The number of rotatable bonds is 11. The van der Waals surface area contributed by atoms with E-state index in [0.717, 1.165) is 26.1 Å². The molecule has 0 fully saturated rings. The second-order valence-corrected chi connectivity index (χ2v) is 21.4. The number of benzene rings is 3. The molecule has 2 nitrogen and oxygen atoms in total. The van der Waals surface area contributed by atoms with Crippen LogP contribution in [-0.2, 0) is 11.0 Å². The van der Waals surface area contributed by atoms with Crippen molar-refractivity contribution in [2.75, 3.05) is 13.1 Å². The first-order chi connectivity index (χ1) is 18.5. The summed E-state index contributed by atoms with van der Waals surface area (Å²) in [5.74, 6) is 3.48. The van der Waals surface area contributed by atoms with Gasteiger partial charge >= 0.3 is 0 Å². The Bertz CT molecular complexity index is 1180. The zero-order chi connectivity index (χ0) is 28.4. The van der Waals surface area contributed by atoms with E-state index in [1.165, 1.54) is 15.9 Å². The molecule has 0 saturated heterocycles. The molecule has 0 N–H and O–H groups in total. The monoisotopic (exact) mass is 553 g/mol.